The maximum atomic E-state index is 5.66. The van der Waals surface area contributed by atoms with Gasteiger partial charge in [0.15, 0.2) is 0 Å². The van der Waals surface area contributed by atoms with Crippen LogP contribution in [0.2, 0.25) is 0 Å². The van der Waals surface area contributed by atoms with Crippen molar-refractivity contribution < 1.29 is 4.74 Å². The van der Waals surface area contributed by atoms with Crippen LogP contribution in [-0.4, -0.2) is 18.5 Å². The molecule has 86 valence electrons. The van der Waals surface area contributed by atoms with Crippen molar-refractivity contribution in [3.8, 4) is 0 Å². The summed E-state index contributed by atoms with van der Waals surface area (Å²) < 4.78 is 6.71. The normalized spacial score (nSPS) is 20.5. The van der Waals surface area contributed by atoms with Gasteiger partial charge in [0, 0.05) is 10.0 Å². The zero-order chi connectivity index (χ0) is 11.8. The predicted molar refractivity (Wildman–Crippen MR) is 69.9 cm³/mol. The smallest absolute Gasteiger partial charge is 0.216 e. The van der Waals surface area contributed by atoms with Gasteiger partial charge in [-0.2, -0.15) is 0 Å². The van der Waals surface area contributed by atoms with Crippen molar-refractivity contribution in [3.63, 3.8) is 0 Å². The summed E-state index contributed by atoms with van der Waals surface area (Å²) in [6, 6.07) is 8.30. The number of ether oxygens (including phenoxy) is 1. The number of halogens is 1. The SMILES string of the molecule is CC(C)(C)C1COC(c2cccc(Br)c2)=N1. The van der Waals surface area contributed by atoms with Crippen molar-refractivity contribution >= 4 is 21.8 Å². The maximum absolute atomic E-state index is 5.66. The van der Waals surface area contributed by atoms with E-state index in [1.54, 1.807) is 0 Å². The second-order valence-electron chi connectivity index (χ2n) is 5.14. The van der Waals surface area contributed by atoms with Crippen LogP contribution >= 0.6 is 15.9 Å². The first kappa shape index (κ1) is 11.6. The summed E-state index contributed by atoms with van der Waals surface area (Å²) in [5.74, 6) is 0.765. The van der Waals surface area contributed by atoms with E-state index in [9.17, 15) is 0 Å². The van der Waals surface area contributed by atoms with Gasteiger partial charge in [0.25, 0.3) is 0 Å². The van der Waals surface area contributed by atoms with Gasteiger partial charge in [0.05, 0.1) is 6.04 Å². The van der Waals surface area contributed by atoms with Gasteiger partial charge in [0.2, 0.25) is 5.90 Å². The molecular formula is C13H16BrNO. The summed E-state index contributed by atoms with van der Waals surface area (Å²) in [7, 11) is 0. The first-order chi connectivity index (χ1) is 7.47. The summed E-state index contributed by atoms with van der Waals surface area (Å²) >= 11 is 3.45. The Kier molecular flexibility index (Phi) is 3.06. The lowest BCUT2D eigenvalue weighted by Crippen LogP contribution is -2.25. The largest absolute Gasteiger partial charge is 0.475 e. The minimum atomic E-state index is 0.160. The van der Waals surface area contributed by atoms with Crippen LogP contribution in [0.3, 0.4) is 0 Å². The molecule has 1 aliphatic rings. The van der Waals surface area contributed by atoms with Crippen LogP contribution in [0.15, 0.2) is 33.7 Å². The average Bonchev–Trinajstić information content (AvgIpc) is 2.65. The minimum Gasteiger partial charge on any atom is -0.475 e. The molecular weight excluding hydrogens is 266 g/mol. The van der Waals surface area contributed by atoms with E-state index in [2.05, 4.69) is 41.7 Å². The molecule has 0 spiro atoms. The van der Waals surface area contributed by atoms with Crippen molar-refractivity contribution in [1.82, 2.24) is 0 Å². The van der Waals surface area contributed by atoms with Crippen LogP contribution in [0.1, 0.15) is 26.3 Å². The summed E-state index contributed by atoms with van der Waals surface area (Å²) in [6.45, 7) is 7.25. The molecule has 0 N–H and O–H groups in total. The summed E-state index contributed by atoms with van der Waals surface area (Å²) in [4.78, 5) is 4.64. The molecule has 1 aliphatic heterocycles. The Balaban J connectivity index is 2.25. The van der Waals surface area contributed by atoms with Gasteiger partial charge in [-0.15, -0.1) is 0 Å². The lowest BCUT2D eigenvalue weighted by molar-refractivity contribution is 0.236. The molecule has 0 bridgehead atoms. The van der Waals surface area contributed by atoms with Gasteiger partial charge in [0.1, 0.15) is 6.61 Å². The van der Waals surface area contributed by atoms with Crippen LogP contribution in [-0.2, 0) is 4.74 Å². The van der Waals surface area contributed by atoms with E-state index < -0.39 is 0 Å². The molecule has 16 heavy (non-hydrogen) atoms. The Bertz CT molecular complexity index is 420. The average molecular weight is 282 g/mol. The zero-order valence-corrected chi connectivity index (χ0v) is 11.4. The van der Waals surface area contributed by atoms with Crippen molar-refractivity contribution in [2.75, 3.05) is 6.61 Å². The van der Waals surface area contributed by atoms with Crippen molar-refractivity contribution in [3.05, 3.63) is 34.3 Å². The number of aliphatic imine (C=N–C) groups is 1. The van der Waals surface area contributed by atoms with Crippen molar-refractivity contribution in [1.29, 1.82) is 0 Å². The molecule has 0 amide bonds. The highest BCUT2D eigenvalue weighted by Crippen LogP contribution is 2.27. The fraction of sp³-hybridized carbons (Fsp3) is 0.462. The van der Waals surface area contributed by atoms with Crippen LogP contribution in [0.5, 0.6) is 0 Å². The number of hydrogen-bond donors (Lipinski definition) is 0. The van der Waals surface area contributed by atoms with Gasteiger partial charge in [-0.1, -0.05) is 42.8 Å². The molecule has 2 rings (SSSR count). The van der Waals surface area contributed by atoms with E-state index >= 15 is 0 Å². The zero-order valence-electron chi connectivity index (χ0n) is 9.83. The molecule has 3 heteroatoms. The fourth-order valence-corrected chi connectivity index (χ4v) is 2.00. The van der Waals surface area contributed by atoms with Crippen LogP contribution < -0.4 is 0 Å². The molecule has 0 saturated heterocycles. The van der Waals surface area contributed by atoms with E-state index in [0.717, 1.165) is 15.9 Å². The van der Waals surface area contributed by atoms with Crippen LogP contribution in [0.25, 0.3) is 0 Å². The first-order valence-electron chi connectivity index (χ1n) is 5.43. The summed E-state index contributed by atoms with van der Waals surface area (Å²) in [6.07, 6.45) is 0. The highest BCUT2D eigenvalue weighted by molar-refractivity contribution is 9.10. The second kappa shape index (κ2) is 4.21. The highest BCUT2D eigenvalue weighted by atomic mass is 79.9. The van der Waals surface area contributed by atoms with Gasteiger partial charge in [-0.25, -0.2) is 4.99 Å². The molecule has 0 aromatic heterocycles. The maximum Gasteiger partial charge on any atom is 0.216 e. The standard InChI is InChI=1S/C13H16BrNO/c1-13(2,3)11-8-16-12(15-11)9-5-4-6-10(14)7-9/h4-7,11H,8H2,1-3H3. The Morgan fingerprint density at radius 3 is 2.69 bits per heavy atom. The molecule has 1 aromatic carbocycles. The van der Waals surface area contributed by atoms with E-state index in [1.807, 2.05) is 24.3 Å². The second-order valence-corrected chi connectivity index (χ2v) is 6.05. The van der Waals surface area contributed by atoms with Gasteiger partial charge < -0.3 is 4.74 Å². The molecule has 1 atom stereocenters. The molecule has 1 heterocycles. The topological polar surface area (TPSA) is 21.6 Å². The van der Waals surface area contributed by atoms with E-state index in [4.69, 9.17) is 4.74 Å². The molecule has 2 nitrogen and oxygen atoms in total. The van der Waals surface area contributed by atoms with Crippen molar-refractivity contribution in [2.45, 2.75) is 26.8 Å². The first-order valence-corrected chi connectivity index (χ1v) is 6.22. The Hall–Kier alpha value is -0.830. The van der Waals surface area contributed by atoms with Gasteiger partial charge in [-0.3, -0.25) is 0 Å². The highest BCUT2D eigenvalue weighted by Gasteiger charge is 2.30. The number of rotatable bonds is 1. The van der Waals surface area contributed by atoms with Crippen LogP contribution in [0.4, 0.5) is 0 Å². The summed E-state index contributed by atoms with van der Waals surface area (Å²) in [5.41, 5.74) is 1.20. The van der Waals surface area contributed by atoms with E-state index in [-0.39, 0.29) is 11.5 Å². The molecule has 1 aromatic rings. The minimum absolute atomic E-state index is 0.160. The molecule has 1 unspecified atom stereocenters. The molecule has 0 aliphatic carbocycles. The molecule has 0 fully saturated rings. The van der Waals surface area contributed by atoms with Gasteiger partial charge >= 0.3 is 0 Å². The molecule has 0 radical (unpaired) electrons. The number of benzene rings is 1. The Labute approximate surface area is 105 Å². The Morgan fingerprint density at radius 1 is 1.38 bits per heavy atom. The van der Waals surface area contributed by atoms with Gasteiger partial charge in [-0.05, 0) is 23.6 Å². The van der Waals surface area contributed by atoms with E-state index in [0.29, 0.717) is 6.61 Å². The fourth-order valence-electron chi connectivity index (χ4n) is 1.60. The molecule has 0 saturated carbocycles. The monoisotopic (exact) mass is 281 g/mol. The lowest BCUT2D eigenvalue weighted by atomic mass is 9.88. The van der Waals surface area contributed by atoms with Crippen LogP contribution in [0, 0.1) is 5.41 Å². The third kappa shape index (κ3) is 2.46. The third-order valence-electron chi connectivity index (χ3n) is 2.72. The predicted octanol–water partition coefficient (Wildman–Crippen LogP) is 3.64. The number of nitrogens with zero attached hydrogens (tertiary/aromatic N) is 1. The van der Waals surface area contributed by atoms with E-state index in [1.165, 1.54) is 0 Å². The Morgan fingerprint density at radius 2 is 2.12 bits per heavy atom. The number of hydrogen-bond acceptors (Lipinski definition) is 2. The van der Waals surface area contributed by atoms with Crippen molar-refractivity contribution in [2.24, 2.45) is 10.4 Å². The summed E-state index contributed by atoms with van der Waals surface area (Å²) in [5, 5.41) is 0. The lowest BCUT2D eigenvalue weighted by Gasteiger charge is -2.21. The third-order valence-corrected chi connectivity index (χ3v) is 3.22. The quantitative estimate of drug-likeness (QED) is 0.770.